The number of thioether (sulfide) groups is 1. The van der Waals surface area contributed by atoms with E-state index in [1.54, 1.807) is 29.3 Å². The molecule has 1 aromatic carbocycles. The largest absolute Gasteiger partial charge is 0.473 e. The fourth-order valence-electron chi connectivity index (χ4n) is 2.30. The average molecular weight is 419 g/mol. The first-order valence-electron chi connectivity index (χ1n) is 8.39. The summed E-state index contributed by atoms with van der Waals surface area (Å²) < 4.78 is 6.49. The van der Waals surface area contributed by atoms with Crippen molar-refractivity contribution in [3.8, 4) is 5.88 Å². The average Bonchev–Trinajstić information content (AvgIpc) is 3.11. The van der Waals surface area contributed by atoms with Gasteiger partial charge in [0.2, 0.25) is 11.8 Å². The number of carbonyl (C=O) groups excluding carboxylic acids is 1. The molecule has 140 valence electrons. The number of hydrogen-bond acceptors (Lipinski definition) is 5. The van der Waals surface area contributed by atoms with Crippen LogP contribution in [0.25, 0.3) is 0 Å². The zero-order valence-electron chi connectivity index (χ0n) is 14.6. The van der Waals surface area contributed by atoms with Gasteiger partial charge in [-0.05, 0) is 29.3 Å². The molecule has 0 atom stereocenters. The molecule has 2 heterocycles. The smallest absolute Gasteiger partial charge is 0.230 e. The van der Waals surface area contributed by atoms with Crippen LogP contribution in [0.5, 0.6) is 5.88 Å². The summed E-state index contributed by atoms with van der Waals surface area (Å²) in [5.74, 6) is 1.76. The third-order valence-corrected chi connectivity index (χ3v) is 6.02. The molecule has 0 aliphatic carbocycles. The molecule has 0 radical (unpaired) electrons. The number of thiophene rings is 1. The highest BCUT2D eigenvalue weighted by atomic mass is 35.5. The number of ether oxygens (including phenoxy) is 1. The molecule has 0 fully saturated rings. The third-order valence-electron chi connectivity index (χ3n) is 3.62. The Balaban J connectivity index is 1.40. The molecule has 27 heavy (non-hydrogen) atoms. The lowest BCUT2D eigenvalue weighted by Crippen LogP contribution is -2.24. The van der Waals surface area contributed by atoms with Crippen LogP contribution in [0.2, 0.25) is 4.34 Å². The van der Waals surface area contributed by atoms with Gasteiger partial charge in [-0.2, -0.15) is 0 Å². The number of pyridine rings is 1. The van der Waals surface area contributed by atoms with Crippen molar-refractivity contribution in [1.29, 1.82) is 0 Å². The summed E-state index contributed by atoms with van der Waals surface area (Å²) in [7, 11) is 0. The summed E-state index contributed by atoms with van der Waals surface area (Å²) >= 11 is 9.02. The zero-order chi connectivity index (χ0) is 18.9. The normalized spacial score (nSPS) is 10.6. The first-order valence-corrected chi connectivity index (χ1v) is 10.7. The van der Waals surface area contributed by atoms with Crippen LogP contribution in [-0.4, -0.2) is 16.6 Å². The number of halogens is 1. The lowest BCUT2D eigenvalue weighted by Gasteiger charge is -2.08. The Morgan fingerprint density at radius 1 is 1.15 bits per heavy atom. The molecule has 3 rings (SSSR count). The molecule has 0 saturated heterocycles. The summed E-state index contributed by atoms with van der Waals surface area (Å²) in [6.45, 7) is 0.918. The Kier molecular flexibility index (Phi) is 7.56. The van der Waals surface area contributed by atoms with Crippen molar-refractivity contribution in [3.63, 3.8) is 0 Å². The van der Waals surface area contributed by atoms with Crippen molar-refractivity contribution in [2.24, 2.45) is 0 Å². The molecule has 0 spiro atoms. The molecule has 0 saturated carbocycles. The minimum atomic E-state index is 0.00576. The van der Waals surface area contributed by atoms with Gasteiger partial charge in [0.05, 0.1) is 10.1 Å². The Bertz CT molecular complexity index is 871. The molecule has 1 amide bonds. The van der Waals surface area contributed by atoms with Crippen molar-refractivity contribution < 1.29 is 9.53 Å². The SMILES string of the molecule is O=C(CSCc1ccc(Cl)s1)NCc1ccnc(OCc2ccccc2)c1. The highest BCUT2D eigenvalue weighted by Gasteiger charge is 2.05. The number of aromatic nitrogens is 1. The Hall–Kier alpha value is -2.02. The molecule has 7 heteroatoms. The highest BCUT2D eigenvalue weighted by Crippen LogP contribution is 2.25. The van der Waals surface area contributed by atoms with Gasteiger partial charge in [0.1, 0.15) is 6.61 Å². The van der Waals surface area contributed by atoms with Gasteiger partial charge in [-0.3, -0.25) is 4.79 Å². The van der Waals surface area contributed by atoms with E-state index in [2.05, 4.69) is 10.3 Å². The van der Waals surface area contributed by atoms with Crippen LogP contribution in [0.4, 0.5) is 0 Å². The van der Waals surface area contributed by atoms with E-state index >= 15 is 0 Å². The second-order valence-corrected chi connectivity index (χ2v) is 8.54. The topological polar surface area (TPSA) is 51.2 Å². The van der Waals surface area contributed by atoms with E-state index < -0.39 is 0 Å². The van der Waals surface area contributed by atoms with Crippen LogP contribution < -0.4 is 10.1 Å². The standard InChI is InChI=1S/C20H19ClN2O2S2/c21-18-7-6-17(27-18)13-26-14-19(24)23-11-16-8-9-22-20(10-16)25-12-15-4-2-1-3-5-15/h1-10H,11-14H2,(H,23,24). The second-order valence-electron chi connectivity index (χ2n) is 5.75. The van der Waals surface area contributed by atoms with Crippen molar-refractivity contribution in [1.82, 2.24) is 10.3 Å². The van der Waals surface area contributed by atoms with Gasteiger partial charge in [-0.1, -0.05) is 41.9 Å². The molecule has 0 bridgehead atoms. The third kappa shape index (κ3) is 6.90. The van der Waals surface area contributed by atoms with Gasteiger partial charge in [0.15, 0.2) is 0 Å². The molecular formula is C20H19ClN2O2S2. The summed E-state index contributed by atoms with van der Waals surface area (Å²) in [5, 5.41) is 2.93. The van der Waals surface area contributed by atoms with Crippen LogP contribution >= 0.6 is 34.7 Å². The van der Waals surface area contributed by atoms with Gasteiger partial charge in [0.25, 0.3) is 0 Å². The summed E-state index contributed by atoms with van der Waals surface area (Å²) in [5.41, 5.74) is 2.04. The molecule has 4 nitrogen and oxygen atoms in total. The summed E-state index contributed by atoms with van der Waals surface area (Å²) in [4.78, 5) is 17.4. The number of rotatable bonds is 9. The Labute approximate surface area is 171 Å². The van der Waals surface area contributed by atoms with E-state index in [-0.39, 0.29) is 5.91 Å². The lowest BCUT2D eigenvalue weighted by atomic mass is 10.2. The minimum absolute atomic E-state index is 0.00576. The van der Waals surface area contributed by atoms with Gasteiger partial charge in [0, 0.05) is 29.4 Å². The summed E-state index contributed by atoms with van der Waals surface area (Å²) in [6, 6.07) is 17.5. The van der Waals surface area contributed by atoms with E-state index in [0.717, 1.165) is 21.2 Å². The van der Waals surface area contributed by atoms with Crippen LogP contribution in [-0.2, 0) is 23.7 Å². The van der Waals surface area contributed by atoms with Crippen molar-refractivity contribution in [2.75, 3.05) is 5.75 Å². The number of nitrogens with one attached hydrogen (secondary N) is 1. The van der Waals surface area contributed by atoms with E-state index in [9.17, 15) is 4.79 Å². The van der Waals surface area contributed by atoms with Crippen molar-refractivity contribution >= 4 is 40.6 Å². The molecular weight excluding hydrogens is 400 g/mol. The first kappa shape index (κ1) is 19.7. The van der Waals surface area contributed by atoms with E-state index in [1.807, 2.05) is 54.6 Å². The van der Waals surface area contributed by atoms with Crippen LogP contribution in [0.1, 0.15) is 16.0 Å². The predicted molar refractivity (Wildman–Crippen MR) is 112 cm³/mol. The van der Waals surface area contributed by atoms with Crippen molar-refractivity contribution in [2.45, 2.75) is 18.9 Å². The van der Waals surface area contributed by atoms with Crippen LogP contribution in [0.3, 0.4) is 0 Å². The number of carbonyl (C=O) groups is 1. The van der Waals surface area contributed by atoms with Gasteiger partial charge in [-0.15, -0.1) is 23.1 Å². The number of nitrogens with zero attached hydrogens (tertiary/aromatic N) is 1. The molecule has 0 aliphatic heterocycles. The maximum absolute atomic E-state index is 12.0. The van der Waals surface area contributed by atoms with Crippen LogP contribution in [0.15, 0.2) is 60.8 Å². The second kappa shape index (κ2) is 10.3. The lowest BCUT2D eigenvalue weighted by molar-refractivity contribution is -0.118. The predicted octanol–water partition coefficient (Wildman–Crippen LogP) is 4.93. The summed E-state index contributed by atoms with van der Waals surface area (Å²) in [6.07, 6.45) is 1.69. The van der Waals surface area contributed by atoms with Gasteiger partial charge >= 0.3 is 0 Å². The molecule has 3 aromatic rings. The van der Waals surface area contributed by atoms with Gasteiger partial charge < -0.3 is 10.1 Å². The van der Waals surface area contributed by atoms with Crippen molar-refractivity contribution in [3.05, 3.63) is 81.1 Å². The van der Waals surface area contributed by atoms with Crippen LogP contribution in [0, 0.1) is 0 Å². The Morgan fingerprint density at radius 2 is 2.00 bits per heavy atom. The quantitative estimate of drug-likeness (QED) is 0.535. The first-order chi connectivity index (χ1) is 13.2. The molecule has 1 N–H and O–H groups in total. The van der Waals surface area contributed by atoms with E-state index in [0.29, 0.717) is 24.8 Å². The number of benzene rings is 1. The fraction of sp³-hybridized carbons (Fsp3) is 0.200. The number of amides is 1. The van der Waals surface area contributed by atoms with E-state index in [1.165, 1.54) is 4.88 Å². The van der Waals surface area contributed by atoms with Gasteiger partial charge in [-0.25, -0.2) is 4.98 Å². The maximum Gasteiger partial charge on any atom is 0.230 e. The molecule has 0 unspecified atom stereocenters. The molecule has 0 aliphatic rings. The Morgan fingerprint density at radius 3 is 2.78 bits per heavy atom. The number of hydrogen-bond donors (Lipinski definition) is 1. The van der Waals surface area contributed by atoms with E-state index in [4.69, 9.17) is 16.3 Å². The maximum atomic E-state index is 12.0. The zero-order valence-corrected chi connectivity index (χ0v) is 16.9. The highest BCUT2D eigenvalue weighted by molar-refractivity contribution is 7.99. The minimum Gasteiger partial charge on any atom is -0.473 e. The monoisotopic (exact) mass is 418 g/mol. The fourth-order valence-corrected chi connectivity index (χ4v) is 4.35. The molecule has 2 aromatic heterocycles.